The van der Waals surface area contributed by atoms with Crippen molar-refractivity contribution in [2.45, 2.75) is 64.7 Å². The maximum atomic E-state index is 12.0. The quantitative estimate of drug-likeness (QED) is 0.409. The zero-order valence-electron chi connectivity index (χ0n) is 15.3. The molecule has 0 saturated carbocycles. The topological polar surface area (TPSA) is 89.8 Å². The van der Waals surface area contributed by atoms with E-state index in [1.807, 2.05) is 0 Å². The molecule has 1 rings (SSSR count). The highest BCUT2D eigenvalue weighted by molar-refractivity contribution is 5.76. The molecule has 0 spiro atoms. The van der Waals surface area contributed by atoms with Crippen LogP contribution in [0.15, 0.2) is 18.2 Å². The average Bonchev–Trinajstić information content (AvgIpc) is 2.58. The summed E-state index contributed by atoms with van der Waals surface area (Å²) in [4.78, 5) is 12.0. The molecule has 1 atom stereocenters. The summed E-state index contributed by atoms with van der Waals surface area (Å²) in [5, 5.41) is 31.5. The third-order valence-electron chi connectivity index (χ3n) is 4.41. The summed E-state index contributed by atoms with van der Waals surface area (Å²) in [6, 6.07) is 4.37. The molecule has 0 radical (unpaired) electrons. The molecule has 4 N–H and O–H groups in total. The van der Waals surface area contributed by atoms with Crippen LogP contribution in [-0.4, -0.2) is 34.4 Å². The number of rotatable bonds is 13. The van der Waals surface area contributed by atoms with Crippen LogP contribution in [0.5, 0.6) is 11.5 Å². The molecule has 1 unspecified atom stereocenters. The Morgan fingerprint density at radius 2 is 1.76 bits per heavy atom. The molecule has 0 aliphatic rings. The van der Waals surface area contributed by atoms with E-state index in [0.717, 1.165) is 12.8 Å². The normalized spacial score (nSPS) is 12.1. The fourth-order valence-electron chi connectivity index (χ4n) is 2.88. The molecule has 5 nitrogen and oxygen atoms in total. The molecule has 1 aromatic rings. The lowest BCUT2D eigenvalue weighted by molar-refractivity contribution is -0.122. The van der Waals surface area contributed by atoms with Crippen molar-refractivity contribution >= 4 is 5.91 Å². The van der Waals surface area contributed by atoms with Gasteiger partial charge in [0, 0.05) is 25.6 Å². The smallest absolute Gasteiger partial charge is 0.220 e. The Morgan fingerprint density at radius 1 is 1.08 bits per heavy atom. The Kier molecular flexibility index (Phi) is 10.7. The fraction of sp³-hybridized carbons (Fsp3) is 0.650. The van der Waals surface area contributed by atoms with Gasteiger partial charge in [-0.15, -0.1) is 0 Å². The molecule has 1 aromatic carbocycles. The predicted molar refractivity (Wildman–Crippen MR) is 99.7 cm³/mol. The number of unbranched alkanes of at least 4 members (excludes halogenated alkanes) is 6. The van der Waals surface area contributed by atoms with Gasteiger partial charge in [-0.3, -0.25) is 4.79 Å². The second-order valence-electron chi connectivity index (χ2n) is 6.74. The van der Waals surface area contributed by atoms with E-state index in [1.165, 1.54) is 44.2 Å². The molecular weight excluding hydrogens is 318 g/mol. The van der Waals surface area contributed by atoms with Crippen molar-refractivity contribution in [1.29, 1.82) is 0 Å². The lowest BCUT2D eigenvalue weighted by Gasteiger charge is -2.15. The summed E-state index contributed by atoms with van der Waals surface area (Å²) in [6.45, 7) is 2.76. The number of hydrogen-bond donors (Lipinski definition) is 4. The van der Waals surface area contributed by atoms with Gasteiger partial charge in [0.05, 0.1) is 0 Å². The number of benzene rings is 1. The Hall–Kier alpha value is -1.75. The van der Waals surface area contributed by atoms with Crippen LogP contribution in [0.2, 0.25) is 0 Å². The Balaban J connectivity index is 2.22. The molecule has 0 aliphatic carbocycles. The summed E-state index contributed by atoms with van der Waals surface area (Å²) >= 11 is 0. The van der Waals surface area contributed by atoms with Crippen molar-refractivity contribution in [2.75, 3.05) is 13.2 Å². The summed E-state index contributed by atoms with van der Waals surface area (Å²) < 4.78 is 0. The molecule has 25 heavy (non-hydrogen) atoms. The number of nitrogens with one attached hydrogen (secondary N) is 1. The number of phenolic OH excluding ortho intramolecular Hbond substituents is 2. The first-order valence-electron chi connectivity index (χ1n) is 9.45. The van der Waals surface area contributed by atoms with Gasteiger partial charge in [-0.1, -0.05) is 51.5 Å². The lowest BCUT2D eigenvalue weighted by Crippen LogP contribution is -2.28. The number of aliphatic hydroxyl groups is 1. The van der Waals surface area contributed by atoms with Crippen molar-refractivity contribution in [2.24, 2.45) is 5.92 Å². The van der Waals surface area contributed by atoms with Crippen LogP contribution in [0.25, 0.3) is 0 Å². The van der Waals surface area contributed by atoms with Gasteiger partial charge in [-0.05, 0) is 30.4 Å². The van der Waals surface area contributed by atoms with Crippen LogP contribution in [-0.2, 0) is 11.2 Å². The van der Waals surface area contributed by atoms with Gasteiger partial charge in [0.15, 0.2) is 0 Å². The minimum atomic E-state index is -0.246. The van der Waals surface area contributed by atoms with E-state index in [4.69, 9.17) is 0 Å². The number of carbonyl (C=O) groups is 1. The maximum Gasteiger partial charge on any atom is 0.220 e. The Bertz CT molecular complexity index is 504. The van der Waals surface area contributed by atoms with Gasteiger partial charge >= 0.3 is 0 Å². The minimum Gasteiger partial charge on any atom is -0.508 e. The second-order valence-corrected chi connectivity index (χ2v) is 6.74. The molecule has 5 heteroatoms. The van der Waals surface area contributed by atoms with Gasteiger partial charge < -0.3 is 20.6 Å². The molecule has 0 bridgehead atoms. The second kappa shape index (κ2) is 12.6. The van der Waals surface area contributed by atoms with Crippen LogP contribution in [0.1, 0.15) is 63.9 Å². The van der Waals surface area contributed by atoms with Gasteiger partial charge in [0.25, 0.3) is 0 Å². The monoisotopic (exact) mass is 351 g/mol. The number of phenols is 2. The predicted octanol–water partition coefficient (Wildman–Crippen LogP) is 3.51. The van der Waals surface area contributed by atoms with Gasteiger partial charge in [-0.2, -0.15) is 0 Å². The number of aliphatic hydroxyl groups excluding tert-OH is 1. The molecule has 1 amide bonds. The van der Waals surface area contributed by atoms with Crippen molar-refractivity contribution < 1.29 is 20.1 Å². The van der Waals surface area contributed by atoms with Crippen molar-refractivity contribution in [1.82, 2.24) is 5.32 Å². The highest BCUT2D eigenvalue weighted by Gasteiger charge is 2.15. The van der Waals surface area contributed by atoms with Gasteiger partial charge in [0.1, 0.15) is 11.5 Å². The summed E-state index contributed by atoms with van der Waals surface area (Å²) in [6.07, 6.45) is 9.08. The number of hydrogen-bond acceptors (Lipinski definition) is 4. The van der Waals surface area contributed by atoms with Gasteiger partial charge in [-0.25, -0.2) is 0 Å². The van der Waals surface area contributed by atoms with Crippen LogP contribution < -0.4 is 5.32 Å². The molecule has 0 heterocycles. The van der Waals surface area contributed by atoms with Crippen LogP contribution in [0.4, 0.5) is 0 Å². The zero-order valence-corrected chi connectivity index (χ0v) is 15.3. The highest BCUT2D eigenvalue weighted by atomic mass is 16.3. The third-order valence-corrected chi connectivity index (χ3v) is 4.41. The molecule has 0 aromatic heterocycles. The van der Waals surface area contributed by atoms with E-state index >= 15 is 0 Å². The zero-order chi connectivity index (χ0) is 18.5. The van der Waals surface area contributed by atoms with Crippen LogP contribution >= 0.6 is 0 Å². The van der Waals surface area contributed by atoms with Crippen LogP contribution in [0, 0.1) is 5.92 Å². The minimum absolute atomic E-state index is 0.00534. The first kappa shape index (κ1) is 21.3. The lowest BCUT2D eigenvalue weighted by atomic mass is 9.96. The van der Waals surface area contributed by atoms with E-state index < -0.39 is 0 Å². The van der Waals surface area contributed by atoms with E-state index in [0.29, 0.717) is 18.5 Å². The van der Waals surface area contributed by atoms with Crippen LogP contribution in [0.3, 0.4) is 0 Å². The van der Waals surface area contributed by atoms with Crippen molar-refractivity contribution in [3.8, 4) is 11.5 Å². The van der Waals surface area contributed by atoms with Crippen molar-refractivity contribution in [3.63, 3.8) is 0 Å². The molecule has 0 aliphatic heterocycles. The molecule has 0 saturated heterocycles. The summed E-state index contributed by atoms with van der Waals surface area (Å²) in [5.41, 5.74) is 0.622. The third kappa shape index (κ3) is 9.34. The highest BCUT2D eigenvalue weighted by Crippen LogP contribution is 2.25. The number of amides is 1. The van der Waals surface area contributed by atoms with Crippen molar-refractivity contribution in [3.05, 3.63) is 23.8 Å². The fourth-order valence-corrected chi connectivity index (χ4v) is 2.88. The summed E-state index contributed by atoms with van der Waals surface area (Å²) in [5.74, 6) is -0.330. The number of aromatic hydroxyl groups is 2. The average molecular weight is 351 g/mol. The maximum absolute atomic E-state index is 12.0. The van der Waals surface area contributed by atoms with E-state index in [2.05, 4.69) is 12.2 Å². The first-order chi connectivity index (χ1) is 12.1. The molecule has 142 valence electrons. The van der Waals surface area contributed by atoms with Gasteiger partial charge in [0.2, 0.25) is 5.91 Å². The Morgan fingerprint density at radius 3 is 2.40 bits per heavy atom. The standard InChI is InChI=1S/C20H33NO4/c1-2-3-4-5-6-7-8-11-21-20(25)13-16(15-22)12-17-9-10-18(23)14-19(17)24/h9-10,14,16,22-24H,2-8,11-13,15H2,1H3,(H,21,25). The van der Waals surface area contributed by atoms with E-state index in [9.17, 15) is 20.1 Å². The Labute approximate surface area is 151 Å². The summed E-state index contributed by atoms with van der Waals surface area (Å²) in [7, 11) is 0. The number of carbonyl (C=O) groups excluding carboxylic acids is 1. The first-order valence-corrected chi connectivity index (χ1v) is 9.45. The molecular formula is C20H33NO4. The largest absolute Gasteiger partial charge is 0.508 e. The van der Waals surface area contributed by atoms with E-state index in [1.54, 1.807) is 6.07 Å². The van der Waals surface area contributed by atoms with E-state index in [-0.39, 0.29) is 36.4 Å². The molecule has 0 fully saturated rings. The SMILES string of the molecule is CCCCCCCCCNC(=O)CC(CO)Cc1ccc(O)cc1O.